The number of hydrogen-bond donors (Lipinski definition) is 2. The highest BCUT2D eigenvalue weighted by Crippen LogP contribution is 2.24. The molecule has 1 heterocycles. The van der Waals surface area contributed by atoms with Crippen LogP contribution in [0.4, 0.5) is 5.69 Å². The topological polar surface area (TPSA) is 93.5 Å². The first-order valence-corrected chi connectivity index (χ1v) is 8.34. The van der Waals surface area contributed by atoms with Crippen LogP contribution in [0.1, 0.15) is 32.2 Å². The van der Waals surface area contributed by atoms with Gasteiger partial charge < -0.3 is 19.8 Å². The highest BCUT2D eigenvalue weighted by Gasteiger charge is 2.21. The zero-order chi connectivity index (χ0) is 19.3. The summed E-state index contributed by atoms with van der Waals surface area (Å²) in [5.41, 5.74) is 1.57. The fourth-order valence-corrected chi connectivity index (χ4v) is 2.20. The summed E-state index contributed by atoms with van der Waals surface area (Å²) in [6.45, 7) is 7.65. The lowest BCUT2D eigenvalue weighted by Crippen LogP contribution is -2.34. The number of aryl methyl sites for hydroxylation is 1. The molecule has 2 rings (SSSR count). The van der Waals surface area contributed by atoms with Gasteiger partial charge in [0, 0.05) is 23.8 Å². The molecule has 0 fully saturated rings. The van der Waals surface area contributed by atoms with Gasteiger partial charge in [0.1, 0.15) is 18.1 Å². The predicted molar refractivity (Wildman–Crippen MR) is 98.5 cm³/mol. The molecule has 2 amide bonds. The molecule has 0 aliphatic rings. The van der Waals surface area contributed by atoms with Gasteiger partial charge in [-0.25, -0.2) is 4.98 Å². The third-order valence-corrected chi connectivity index (χ3v) is 3.66. The number of nitrogens with zero attached hydrogens (tertiary/aromatic N) is 1. The minimum Gasteiger partial charge on any atom is -0.441 e. The van der Waals surface area contributed by atoms with Crippen LogP contribution in [0.5, 0.6) is 0 Å². The summed E-state index contributed by atoms with van der Waals surface area (Å²) in [5, 5.41) is 5.60. The Morgan fingerprint density at radius 1 is 1.27 bits per heavy atom. The molecule has 0 saturated carbocycles. The van der Waals surface area contributed by atoms with Gasteiger partial charge in [-0.2, -0.15) is 0 Å². The number of methoxy groups -OCH3 is 1. The minimum atomic E-state index is -0.463. The fourth-order valence-electron chi connectivity index (χ4n) is 2.20. The van der Waals surface area contributed by atoms with Crippen molar-refractivity contribution < 1.29 is 18.7 Å². The van der Waals surface area contributed by atoms with Gasteiger partial charge in [-0.3, -0.25) is 9.59 Å². The molecule has 1 aromatic heterocycles. The Bertz CT molecular complexity index is 790. The van der Waals surface area contributed by atoms with Crippen LogP contribution in [0.2, 0.25) is 0 Å². The number of benzene rings is 1. The van der Waals surface area contributed by atoms with E-state index in [-0.39, 0.29) is 18.4 Å². The minimum absolute atomic E-state index is 0.0139. The monoisotopic (exact) mass is 359 g/mol. The fraction of sp³-hybridized carbons (Fsp3) is 0.421. The first-order chi connectivity index (χ1) is 12.2. The van der Waals surface area contributed by atoms with E-state index in [4.69, 9.17) is 9.15 Å². The first-order valence-electron chi connectivity index (χ1n) is 8.34. The van der Waals surface area contributed by atoms with Crippen molar-refractivity contribution in [2.24, 2.45) is 5.41 Å². The van der Waals surface area contributed by atoms with E-state index < -0.39 is 5.41 Å². The smallest absolute Gasteiger partial charge is 0.250 e. The third-order valence-electron chi connectivity index (χ3n) is 3.66. The Balaban J connectivity index is 2.13. The molecule has 1 aromatic carbocycles. The van der Waals surface area contributed by atoms with Gasteiger partial charge in [0.05, 0.1) is 6.54 Å². The number of aromatic nitrogens is 1. The number of amides is 2. The summed E-state index contributed by atoms with van der Waals surface area (Å²) in [6, 6.07) is 7.20. The van der Waals surface area contributed by atoms with Gasteiger partial charge in [-0.15, -0.1) is 0 Å². The van der Waals surface area contributed by atoms with Gasteiger partial charge in [0.2, 0.25) is 17.7 Å². The summed E-state index contributed by atoms with van der Waals surface area (Å²) in [4.78, 5) is 28.1. The summed E-state index contributed by atoms with van der Waals surface area (Å²) in [5.74, 6) is 0.788. The van der Waals surface area contributed by atoms with Gasteiger partial charge >= 0.3 is 0 Å². The van der Waals surface area contributed by atoms with Crippen LogP contribution in [0.15, 0.2) is 28.7 Å². The summed E-state index contributed by atoms with van der Waals surface area (Å²) in [7, 11) is 1.46. The second kappa shape index (κ2) is 8.14. The zero-order valence-corrected chi connectivity index (χ0v) is 15.8. The number of ether oxygens (including phenoxy) is 1. The Kier molecular flexibility index (Phi) is 6.15. The number of nitrogens with one attached hydrogen (secondary N) is 2. The van der Waals surface area contributed by atoms with Gasteiger partial charge in [-0.1, -0.05) is 26.8 Å². The van der Waals surface area contributed by atoms with Crippen molar-refractivity contribution in [1.29, 1.82) is 0 Å². The molecule has 0 unspecified atom stereocenters. The van der Waals surface area contributed by atoms with E-state index in [1.54, 1.807) is 25.1 Å². The van der Waals surface area contributed by atoms with Crippen molar-refractivity contribution in [2.75, 3.05) is 19.0 Å². The van der Waals surface area contributed by atoms with E-state index in [1.807, 2.05) is 26.8 Å². The normalized spacial score (nSPS) is 11.3. The molecule has 0 radical (unpaired) electrons. The molecule has 26 heavy (non-hydrogen) atoms. The number of carbonyl (C=O) groups excluding carboxylic acids is 2. The lowest BCUT2D eigenvalue weighted by Gasteiger charge is -2.16. The zero-order valence-electron chi connectivity index (χ0n) is 15.8. The molecule has 0 aliphatic carbocycles. The van der Waals surface area contributed by atoms with E-state index in [1.165, 1.54) is 7.11 Å². The van der Waals surface area contributed by atoms with Crippen LogP contribution >= 0.6 is 0 Å². The van der Waals surface area contributed by atoms with Gasteiger partial charge in [-0.05, 0) is 25.1 Å². The predicted octanol–water partition coefficient (Wildman–Crippen LogP) is 2.90. The van der Waals surface area contributed by atoms with Crippen molar-refractivity contribution in [1.82, 2.24) is 10.3 Å². The quantitative estimate of drug-likeness (QED) is 0.827. The van der Waals surface area contributed by atoms with E-state index in [0.717, 1.165) is 5.56 Å². The van der Waals surface area contributed by atoms with E-state index >= 15 is 0 Å². The molecule has 0 aliphatic heterocycles. The van der Waals surface area contributed by atoms with Crippen molar-refractivity contribution in [2.45, 2.75) is 34.2 Å². The maximum atomic E-state index is 12.0. The largest absolute Gasteiger partial charge is 0.441 e. The molecule has 7 heteroatoms. The SMILES string of the molecule is COCC(=O)Nc1cccc(-c2nc(CNC(=O)C(C)(C)C)c(C)o2)c1. The molecule has 0 spiro atoms. The Hall–Kier alpha value is -2.67. The lowest BCUT2D eigenvalue weighted by molar-refractivity contribution is -0.128. The van der Waals surface area contributed by atoms with E-state index in [9.17, 15) is 9.59 Å². The molecule has 2 aromatic rings. The Morgan fingerprint density at radius 3 is 2.65 bits per heavy atom. The number of rotatable bonds is 6. The van der Waals surface area contributed by atoms with Crippen LogP contribution in [0, 0.1) is 12.3 Å². The molecule has 140 valence electrons. The average molecular weight is 359 g/mol. The maximum absolute atomic E-state index is 12.0. The highest BCUT2D eigenvalue weighted by molar-refractivity contribution is 5.92. The Morgan fingerprint density at radius 2 is 2.00 bits per heavy atom. The number of hydrogen-bond acceptors (Lipinski definition) is 5. The Labute approximate surface area is 153 Å². The van der Waals surface area contributed by atoms with E-state index in [0.29, 0.717) is 29.6 Å². The van der Waals surface area contributed by atoms with E-state index in [2.05, 4.69) is 15.6 Å². The van der Waals surface area contributed by atoms with Crippen molar-refractivity contribution in [3.63, 3.8) is 0 Å². The van der Waals surface area contributed by atoms with Crippen LogP contribution in [0.3, 0.4) is 0 Å². The first kappa shape index (κ1) is 19.7. The molecular weight excluding hydrogens is 334 g/mol. The third kappa shape index (κ3) is 5.16. The van der Waals surface area contributed by atoms with Crippen LogP contribution < -0.4 is 10.6 Å². The molecule has 0 saturated heterocycles. The van der Waals surface area contributed by atoms with Crippen LogP contribution in [0.25, 0.3) is 11.5 Å². The van der Waals surface area contributed by atoms with Crippen LogP contribution in [-0.2, 0) is 20.9 Å². The molecule has 7 nitrogen and oxygen atoms in total. The van der Waals surface area contributed by atoms with Gasteiger partial charge in [0.15, 0.2) is 0 Å². The lowest BCUT2D eigenvalue weighted by atomic mass is 9.96. The molecule has 0 bridgehead atoms. The summed E-state index contributed by atoms with van der Waals surface area (Å²) < 4.78 is 10.5. The van der Waals surface area contributed by atoms with Crippen molar-refractivity contribution in [3.05, 3.63) is 35.7 Å². The highest BCUT2D eigenvalue weighted by atomic mass is 16.5. The second-order valence-electron chi connectivity index (χ2n) is 7.02. The number of oxazole rings is 1. The van der Waals surface area contributed by atoms with Crippen molar-refractivity contribution >= 4 is 17.5 Å². The maximum Gasteiger partial charge on any atom is 0.250 e. The second-order valence-corrected chi connectivity index (χ2v) is 7.02. The molecule has 2 N–H and O–H groups in total. The standard InChI is InChI=1S/C19H25N3O4/c1-12-15(10-20-18(24)19(2,3)4)22-17(26-12)13-7-6-8-14(9-13)21-16(23)11-25-5/h6-9H,10-11H2,1-5H3,(H,20,24)(H,21,23). The van der Waals surface area contributed by atoms with Crippen LogP contribution in [-0.4, -0.2) is 30.5 Å². The summed E-state index contributed by atoms with van der Waals surface area (Å²) >= 11 is 0. The summed E-state index contributed by atoms with van der Waals surface area (Å²) in [6.07, 6.45) is 0. The number of carbonyl (C=O) groups is 2. The van der Waals surface area contributed by atoms with Gasteiger partial charge in [0.25, 0.3) is 0 Å². The van der Waals surface area contributed by atoms with Crippen molar-refractivity contribution in [3.8, 4) is 11.5 Å². The molecule has 0 atom stereocenters. The number of anilines is 1. The average Bonchev–Trinajstić information content (AvgIpc) is 2.93. The molecular formula is C19H25N3O4.